The molecule has 1 aromatic rings. The molecule has 116 valence electrons. The van der Waals surface area contributed by atoms with Gasteiger partial charge in [0, 0.05) is 41.9 Å². The van der Waals surface area contributed by atoms with Crippen LogP contribution in [-0.2, 0) is 16.1 Å². The Morgan fingerprint density at radius 1 is 1.62 bits per heavy atom. The molecule has 0 radical (unpaired) electrons. The number of likely N-dealkylation sites (tertiary alicyclic amines) is 1. The van der Waals surface area contributed by atoms with Gasteiger partial charge in [-0.1, -0.05) is 0 Å². The number of thiophene rings is 1. The zero-order valence-electron chi connectivity index (χ0n) is 11.8. The summed E-state index contributed by atoms with van der Waals surface area (Å²) in [6.45, 7) is 0.764. The van der Waals surface area contributed by atoms with Crippen molar-refractivity contribution in [1.29, 1.82) is 0 Å². The highest BCUT2D eigenvalue weighted by Crippen LogP contribution is 2.24. The smallest absolute Gasteiger partial charge is 0.326 e. The first-order valence-electron chi connectivity index (χ1n) is 6.42. The molecule has 1 fully saturated rings. The van der Waals surface area contributed by atoms with Crippen LogP contribution in [-0.4, -0.2) is 59.8 Å². The second kappa shape index (κ2) is 6.76. The van der Waals surface area contributed by atoms with Gasteiger partial charge < -0.3 is 19.6 Å². The predicted molar refractivity (Wildman–Crippen MR) is 82.4 cm³/mol. The molecule has 2 rings (SSSR count). The molecule has 8 heteroatoms. The fourth-order valence-electron chi connectivity index (χ4n) is 2.37. The largest absolute Gasteiger partial charge is 0.480 e. The Kier molecular flexibility index (Phi) is 5.23. The van der Waals surface area contributed by atoms with Crippen LogP contribution in [0.1, 0.15) is 11.3 Å². The molecule has 1 aliphatic rings. The number of amides is 2. The third kappa shape index (κ3) is 3.75. The molecular weight excluding hydrogens is 360 g/mol. The minimum atomic E-state index is -0.991. The maximum atomic E-state index is 12.5. The molecule has 6 nitrogen and oxygen atoms in total. The Morgan fingerprint density at radius 2 is 2.33 bits per heavy atom. The van der Waals surface area contributed by atoms with Crippen LogP contribution in [0, 0.1) is 0 Å². The van der Waals surface area contributed by atoms with Crippen LogP contribution in [0.25, 0.3) is 0 Å². The lowest BCUT2D eigenvalue weighted by Crippen LogP contribution is -2.46. The summed E-state index contributed by atoms with van der Waals surface area (Å²) >= 11 is 4.92. The van der Waals surface area contributed by atoms with Gasteiger partial charge in [-0.25, -0.2) is 9.59 Å². The van der Waals surface area contributed by atoms with E-state index < -0.39 is 12.0 Å². The number of halogens is 1. The lowest BCUT2D eigenvalue weighted by Gasteiger charge is -2.27. The number of urea groups is 1. The molecule has 1 N–H and O–H groups in total. The number of nitrogens with zero attached hydrogens (tertiary/aromatic N) is 2. The van der Waals surface area contributed by atoms with Gasteiger partial charge in [-0.15, -0.1) is 11.3 Å². The summed E-state index contributed by atoms with van der Waals surface area (Å²) in [5.41, 5.74) is 0. The average molecular weight is 377 g/mol. The first-order chi connectivity index (χ1) is 9.92. The molecule has 2 unspecified atom stereocenters. The molecule has 2 amide bonds. The van der Waals surface area contributed by atoms with Crippen molar-refractivity contribution in [2.45, 2.75) is 25.1 Å². The van der Waals surface area contributed by atoms with E-state index in [1.807, 2.05) is 11.4 Å². The Morgan fingerprint density at radius 3 is 2.86 bits per heavy atom. The highest BCUT2D eigenvalue weighted by atomic mass is 79.9. The first kappa shape index (κ1) is 16.3. The number of carboxylic acids is 1. The van der Waals surface area contributed by atoms with Gasteiger partial charge in [-0.3, -0.25) is 0 Å². The standard InChI is InChI=1S/C13H17BrN2O4S/c1-15(6-10-3-8(14)7-21-10)13(19)16-5-9(20-2)4-11(16)12(17)18/h3,7,9,11H,4-6H2,1-2H3,(H,17,18). The molecule has 1 aromatic heterocycles. The Labute approximate surface area is 135 Å². The van der Waals surface area contributed by atoms with Crippen molar-refractivity contribution in [3.63, 3.8) is 0 Å². The molecular formula is C13H17BrN2O4S. The average Bonchev–Trinajstić information content (AvgIpc) is 3.04. The van der Waals surface area contributed by atoms with Gasteiger partial charge in [0.05, 0.1) is 12.6 Å². The molecule has 0 aromatic carbocycles. The van der Waals surface area contributed by atoms with Crippen molar-refractivity contribution in [3.05, 3.63) is 20.8 Å². The summed E-state index contributed by atoms with van der Waals surface area (Å²) < 4.78 is 6.17. The molecule has 0 saturated carbocycles. The second-order valence-corrected chi connectivity index (χ2v) is 6.88. The lowest BCUT2D eigenvalue weighted by atomic mass is 10.2. The van der Waals surface area contributed by atoms with Gasteiger partial charge in [0.15, 0.2) is 0 Å². The van der Waals surface area contributed by atoms with Crippen molar-refractivity contribution in [3.8, 4) is 0 Å². The van der Waals surface area contributed by atoms with E-state index in [1.54, 1.807) is 18.4 Å². The van der Waals surface area contributed by atoms with Crippen molar-refractivity contribution in [1.82, 2.24) is 9.80 Å². The van der Waals surface area contributed by atoms with Gasteiger partial charge in [-0.05, 0) is 22.0 Å². The molecule has 2 heterocycles. The van der Waals surface area contributed by atoms with Crippen LogP contribution >= 0.6 is 27.3 Å². The summed E-state index contributed by atoms with van der Waals surface area (Å²) in [5.74, 6) is -0.991. The minimum absolute atomic E-state index is 0.223. The van der Waals surface area contributed by atoms with E-state index in [-0.39, 0.29) is 12.1 Å². The van der Waals surface area contributed by atoms with Crippen molar-refractivity contribution >= 4 is 39.3 Å². The van der Waals surface area contributed by atoms with Crippen molar-refractivity contribution in [2.24, 2.45) is 0 Å². The molecule has 0 bridgehead atoms. The highest BCUT2D eigenvalue weighted by molar-refractivity contribution is 9.10. The zero-order valence-corrected chi connectivity index (χ0v) is 14.2. The maximum Gasteiger partial charge on any atom is 0.326 e. The van der Waals surface area contributed by atoms with Crippen molar-refractivity contribution < 1.29 is 19.4 Å². The molecule has 1 aliphatic heterocycles. The van der Waals surface area contributed by atoms with E-state index in [2.05, 4.69) is 15.9 Å². The minimum Gasteiger partial charge on any atom is -0.480 e. The van der Waals surface area contributed by atoms with E-state index in [4.69, 9.17) is 4.74 Å². The fourth-order valence-corrected chi connectivity index (χ4v) is 3.87. The van der Waals surface area contributed by atoms with Crippen LogP contribution in [0.3, 0.4) is 0 Å². The summed E-state index contributed by atoms with van der Waals surface area (Å²) in [6.07, 6.45) is 0.106. The number of carboxylic acid groups (broad SMARTS) is 1. The summed E-state index contributed by atoms with van der Waals surface area (Å²) in [7, 11) is 3.21. The van der Waals surface area contributed by atoms with Crippen LogP contribution in [0.5, 0.6) is 0 Å². The Hall–Kier alpha value is -1.12. The van der Waals surface area contributed by atoms with Crippen LogP contribution < -0.4 is 0 Å². The summed E-state index contributed by atoms with van der Waals surface area (Å²) in [4.78, 5) is 27.7. The molecule has 1 saturated heterocycles. The number of ether oxygens (including phenoxy) is 1. The van der Waals surface area contributed by atoms with Crippen LogP contribution in [0.2, 0.25) is 0 Å². The zero-order chi connectivity index (χ0) is 15.6. The second-order valence-electron chi connectivity index (χ2n) is 4.97. The monoisotopic (exact) mass is 376 g/mol. The quantitative estimate of drug-likeness (QED) is 0.874. The first-order valence-corrected chi connectivity index (χ1v) is 8.10. The number of rotatable bonds is 4. The van der Waals surface area contributed by atoms with Gasteiger partial charge >= 0.3 is 12.0 Å². The Bertz CT molecular complexity index is 536. The fraction of sp³-hybridized carbons (Fsp3) is 0.538. The topological polar surface area (TPSA) is 70.1 Å². The van der Waals surface area contributed by atoms with Gasteiger partial charge in [0.2, 0.25) is 0 Å². The lowest BCUT2D eigenvalue weighted by molar-refractivity contribution is -0.141. The van der Waals surface area contributed by atoms with Gasteiger partial charge in [-0.2, -0.15) is 0 Å². The van der Waals surface area contributed by atoms with E-state index >= 15 is 0 Å². The van der Waals surface area contributed by atoms with E-state index in [9.17, 15) is 14.7 Å². The van der Waals surface area contributed by atoms with Gasteiger partial charge in [0.25, 0.3) is 0 Å². The molecule has 0 spiro atoms. The van der Waals surface area contributed by atoms with E-state index in [0.717, 1.165) is 9.35 Å². The third-order valence-corrected chi connectivity index (χ3v) is 5.15. The Balaban J connectivity index is 2.05. The number of carbonyl (C=O) groups excluding carboxylic acids is 1. The number of aliphatic carboxylic acids is 1. The van der Waals surface area contributed by atoms with Gasteiger partial charge in [0.1, 0.15) is 6.04 Å². The van der Waals surface area contributed by atoms with E-state index in [0.29, 0.717) is 19.5 Å². The van der Waals surface area contributed by atoms with Crippen molar-refractivity contribution in [2.75, 3.05) is 20.7 Å². The SMILES string of the molecule is COC1CC(C(=O)O)N(C(=O)N(C)Cc2cc(Br)cs2)C1. The third-order valence-electron chi connectivity index (χ3n) is 3.47. The summed E-state index contributed by atoms with van der Waals surface area (Å²) in [6, 6.07) is 0.844. The molecule has 21 heavy (non-hydrogen) atoms. The number of carbonyl (C=O) groups is 2. The summed E-state index contributed by atoms with van der Waals surface area (Å²) in [5, 5.41) is 11.2. The number of hydrogen-bond donors (Lipinski definition) is 1. The number of methoxy groups -OCH3 is 1. The maximum absolute atomic E-state index is 12.5. The molecule has 0 aliphatic carbocycles. The van der Waals surface area contributed by atoms with Crippen LogP contribution in [0.4, 0.5) is 4.79 Å². The normalized spacial score (nSPS) is 21.6. The van der Waals surface area contributed by atoms with E-state index in [1.165, 1.54) is 16.9 Å². The molecule has 2 atom stereocenters. The van der Waals surface area contributed by atoms with Crippen LogP contribution in [0.15, 0.2) is 15.9 Å². The number of hydrogen-bond acceptors (Lipinski definition) is 4. The highest BCUT2D eigenvalue weighted by Gasteiger charge is 2.40. The predicted octanol–water partition coefficient (Wildman–Crippen LogP) is 2.24.